The van der Waals surface area contributed by atoms with Gasteiger partial charge in [-0.15, -0.1) is 0 Å². The number of nitrogens with two attached hydrogens (primary N) is 1. The molecule has 0 bridgehead atoms. The first-order valence-corrected chi connectivity index (χ1v) is 6.45. The lowest BCUT2D eigenvalue weighted by molar-refractivity contribution is 0.492. The molecular weight excluding hydrogens is 272 g/mol. The van der Waals surface area contributed by atoms with Crippen molar-refractivity contribution in [2.45, 2.75) is 6.54 Å². The fourth-order valence-electron chi connectivity index (χ4n) is 2.16. The Morgan fingerprint density at radius 2 is 1.86 bits per heavy atom. The van der Waals surface area contributed by atoms with Crippen LogP contribution >= 0.6 is 0 Å². The zero-order valence-electron chi connectivity index (χ0n) is 11.1. The second kappa shape index (κ2) is 5.36. The quantitative estimate of drug-likeness (QED) is 0.749. The van der Waals surface area contributed by atoms with E-state index < -0.39 is 11.6 Å². The third-order valence-electron chi connectivity index (χ3n) is 3.22. The van der Waals surface area contributed by atoms with E-state index in [1.807, 2.05) is 18.2 Å². The topological polar surface area (TPSA) is 43.8 Å². The molecule has 0 spiro atoms. The van der Waals surface area contributed by atoms with Gasteiger partial charge in [0.15, 0.2) is 11.6 Å². The highest BCUT2D eigenvalue weighted by Crippen LogP contribution is 2.21. The first kappa shape index (κ1) is 13.3. The molecule has 2 N–H and O–H groups in total. The summed E-state index contributed by atoms with van der Waals surface area (Å²) >= 11 is 0. The number of anilines is 1. The number of hydrogen-bond donors (Lipinski definition) is 1. The maximum atomic E-state index is 13.6. The molecule has 0 aliphatic carbocycles. The molecule has 2 aromatic carbocycles. The van der Waals surface area contributed by atoms with Gasteiger partial charge in [-0.2, -0.15) is 5.10 Å². The minimum Gasteiger partial charge on any atom is -0.399 e. The standard InChI is InChI=1S/C16H13F2N3/c17-15-6-2-4-12(16(15)18)9-21-10-13(8-20-21)11-3-1-5-14(19)7-11/h1-8,10H,9,19H2. The average molecular weight is 285 g/mol. The summed E-state index contributed by atoms with van der Waals surface area (Å²) in [4.78, 5) is 0. The van der Waals surface area contributed by atoms with E-state index in [-0.39, 0.29) is 12.1 Å². The van der Waals surface area contributed by atoms with Crippen LogP contribution in [0, 0.1) is 11.6 Å². The van der Waals surface area contributed by atoms with Crippen molar-refractivity contribution in [3.05, 3.63) is 72.1 Å². The van der Waals surface area contributed by atoms with Crippen LogP contribution in [0.25, 0.3) is 11.1 Å². The summed E-state index contributed by atoms with van der Waals surface area (Å²) in [5.41, 5.74) is 8.47. The number of aromatic nitrogens is 2. The average Bonchev–Trinajstić information content (AvgIpc) is 2.93. The molecule has 1 heterocycles. The Morgan fingerprint density at radius 1 is 1.05 bits per heavy atom. The van der Waals surface area contributed by atoms with E-state index in [4.69, 9.17) is 5.73 Å². The first-order valence-electron chi connectivity index (χ1n) is 6.45. The summed E-state index contributed by atoms with van der Waals surface area (Å²) in [6, 6.07) is 11.5. The molecule has 21 heavy (non-hydrogen) atoms. The lowest BCUT2D eigenvalue weighted by atomic mass is 10.1. The van der Waals surface area contributed by atoms with Gasteiger partial charge in [0.25, 0.3) is 0 Å². The molecule has 0 unspecified atom stereocenters. The van der Waals surface area contributed by atoms with Crippen molar-refractivity contribution in [1.82, 2.24) is 9.78 Å². The molecule has 0 atom stereocenters. The van der Waals surface area contributed by atoms with E-state index in [1.54, 1.807) is 29.2 Å². The fourth-order valence-corrected chi connectivity index (χ4v) is 2.16. The van der Waals surface area contributed by atoms with Crippen molar-refractivity contribution < 1.29 is 8.78 Å². The van der Waals surface area contributed by atoms with Crippen molar-refractivity contribution in [2.24, 2.45) is 0 Å². The Labute approximate surface area is 120 Å². The van der Waals surface area contributed by atoms with E-state index in [1.165, 1.54) is 6.07 Å². The summed E-state index contributed by atoms with van der Waals surface area (Å²) < 4.78 is 28.4. The zero-order valence-corrected chi connectivity index (χ0v) is 11.1. The largest absolute Gasteiger partial charge is 0.399 e. The van der Waals surface area contributed by atoms with Crippen LogP contribution < -0.4 is 5.73 Å². The predicted molar refractivity (Wildman–Crippen MR) is 77.5 cm³/mol. The van der Waals surface area contributed by atoms with Gasteiger partial charge in [0.05, 0.1) is 12.7 Å². The molecule has 0 amide bonds. The van der Waals surface area contributed by atoms with Crippen molar-refractivity contribution in [3.8, 4) is 11.1 Å². The number of nitrogen functional groups attached to an aromatic ring is 1. The lowest BCUT2D eigenvalue weighted by Crippen LogP contribution is -2.03. The van der Waals surface area contributed by atoms with E-state index in [0.717, 1.165) is 17.2 Å². The SMILES string of the molecule is Nc1cccc(-c2cnn(Cc3cccc(F)c3F)c2)c1. The Hall–Kier alpha value is -2.69. The molecule has 0 aliphatic rings. The van der Waals surface area contributed by atoms with E-state index >= 15 is 0 Å². The van der Waals surface area contributed by atoms with Gasteiger partial charge in [0, 0.05) is 23.0 Å². The van der Waals surface area contributed by atoms with E-state index in [9.17, 15) is 8.78 Å². The van der Waals surface area contributed by atoms with Gasteiger partial charge in [-0.25, -0.2) is 8.78 Å². The highest BCUT2D eigenvalue weighted by molar-refractivity contribution is 5.65. The fraction of sp³-hybridized carbons (Fsp3) is 0.0625. The number of halogens is 2. The number of benzene rings is 2. The summed E-state index contributed by atoms with van der Waals surface area (Å²) in [6.45, 7) is 0.173. The molecule has 0 radical (unpaired) electrons. The zero-order chi connectivity index (χ0) is 14.8. The van der Waals surface area contributed by atoms with Crippen molar-refractivity contribution >= 4 is 5.69 Å². The minimum absolute atomic E-state index is 0.173. The van der Waals surface area contributed by atoms with Crippen LogP contribution in [0.4, 0.5) is 14.5 Å². The van der Waals surface area contributed by atoms with Gasteiger partial charge in [-0.05, 0) is 23.8 Å². The van der Waals surface area contributed by atoms with Gasteiger partial charge in [0.1, 0.15) is 0 Å². The molecule has 3 nitrogen and oxygen atoms in total. The Morgan fingerprint density at radius 3 is 2.67 bits per heavy atom. The monoisotopic (exact) mass is 285 g/mol. The molecule has 0 aliphatic heterocycles. The van der Waals surface area contributed by atoms with Crippen LogP contribution in [0.15, 0.2) is 54.9 Å². The second-order valence-electron chi connectivity index (χ2n) is 4.76. The molecule has 0 saturated carbocycles. The van der Waals surface area contributed by atoms with Crippen molar-refractivity contribution in [3.63, 3.8) is 0 Å². The Bertz CT molecular complexity index is 781. The third kappa shape index (κ3) is 2.76. The smallest absolute Gasteiger partial charge is 0.163 e. The minimum atomic E-state index is -0.851. The Balaban J connectivity index is 1.87. The van der Waals surface area contributed by atoms with Crippen molar-refractivity contribution in [1.29, 1.82) is 0 Å². The van der Waals surface area contributed by atoms with Crippen LogP contribution in [0.1, 0.15) is 5.56 Å². The maximum Gasteiger partial charge on any atom is 0.163 e. The van der Waals surface area contributed by atoms with Crippen LogP contribution in [0.2, 0.25) is 0 Å². The van der Waals surface area contributed by atoms with E-state index in [0.29, 0.717) is 5.69 Å². The van der Waals surface area contributed by atoms with Gasteiger partial charge in [0.2, 0.25) is 0 Å². The van der Waals surface area contributed by atoms with Gasteiger partial charge in [-0.1, -0.05) is 24.3 Å². The van der Waals surface area contributed by atoms with Crippen molar-refractivity contribution in [2.75, 3.05) is 5.73 Å². The molecule has 1 aromatic heterocycles. The van der Waals surface area contributed by atoms with Crippen LogP contribution in [0.3, 0.4) is 0 Å². The number of hydrogen-bond acceptors (Lipinski definition) is 2. The highest BCUT2D eigenvalue weighted by Gasteiger charge is 2.09. The molecule has 3 aromatic rings. The van der Waals surface area contributed by atoms with E-state index in [2.05, 4.69) is 5.10 Å². The second-order valence-corrected chi connectivity index (χ2v) is 4.76. The van der Waals surface area contributed by atoms with Gasteiger partial charge in [-0.3, -0.25) is 4.68 Å². The number of nitrogens with zero attached hydrogens (tertiary/aromatic N) is 2. The summed E-state index contributed by atoms with van der Waals surface area (Å²) in [6.07, 6.45) is 3.45. The Kier molecular flexibility index (Phi) is 3.39. The molecular formula is C16H13F2N3. The molecule has 106 valence electrons. The van der Waals surface area contributed by atoms with Gasteiger partial charge >= 0.3 is 0 Å². The van der Waals surface area contributed by atoms with Crippen LogP contribution in [0.5, 0.6) is 0 Å². The molecule has 5 heteroatoms. The normalized spacial score (nSPS) is 10.8. The number of rotatable bonds is 3. The molecule has 0 fully saturated rings. The lowest BCUT2D eigenvalue weighted by Gasteiger charge is -2.04. The van der Waals surface area contributed by atoms with Gasteiger partial charge < -0.3 is 5.73 Å². The molecule has 3 rings (SSSR count). The predicted octanol–water partition coefficient (Wildman–Crippen LogP) is 3.46. The summed E-state index contributed by atoms with van der Waals surface area (Å²) in [5.74, 6) is -1.69. The van der Waals surface area contributed by atoms with Crippen LogP contribution in [-0.2, 0) is 6.54 Å². The first-order chi connectivity index (χ1) is 10.1. The summed E-state index contributed by atoms with van der Waals surface area (Å²) in [5, 5.41) is 4.18. The summed E-state index contributed by atoms with van der Waals surface area (Å²) in [7, 11) is 0. The molecule has 0 saturated heterocycles. The highest BCUT2D eigenvalue weighted by atomic mass is 19.2. The van der Waals surface area contributed by atoms with Crippen LogP contribution in [-0.4, -0.2) is 9.78 Å². The third-order valence-corrected chi connectivity index (χ3v) is 3.22. The maximum absolute atomic E-state index is 13.6.